The van der Waals surface area contributed by atoms with E-state index in [0.717, 1.165) is 31.0 Å². The molecule has 106 valence electrons. The first kappa shape index (κ1) is 14.2. The van der Waals surface area contributed by atoms with Gasteiger partial charge in [0.2, 0.25) is 0 Å². The second kappa shape index (κ2) is 6.29. The molecule has 1 atom stereocenters. The van der Waals surface area contributed by atoms with E-state index < -0.39 is 0 Å². The first-order valence-corrected chi connectivity index (χ1v) is 7.09. The Labute approximate surface area is 116 Å². The van der Waals surface area contributed by atoms with E-state index in [1.807, 2.05) is 0 Å². The van der Waals surface area contributed by atoms with Crippen molar-refractivity contribution < 1.29 is 9.47 Å². The van der Waals surface area contributed by atoms with Gasteiger partial charge in [0, 0.05) is 5.56 Å². The van der Waals surface area contributed by atoms with Crippen LogP contribution in [0.5, 0.6) is 11.5 Å². The minimum atomic E-state index is 0.702. The summed E-state index contributed by atoms with van der Waals surface area (Å²) >= 11 is 0. The Morgan fingerprint density at radius 3 is 2.63 bits per heavy atom. The highest BCUT2D eigenvalue weighted by molar-refractivity contribution is 5.54. The summed E-state index contributed by atoms with van der Waals surface area (Å²) in [4.78, 5) is 0. The Morgan fingerprint density at radius 1 is 1.26 bits per heavy atom. The average molecular weight is 263 g/mol. The van der Waals surface area contributed by atoms with Crippen molar-refractivity contribution >= 4 is 0 Å². The molecule has 0 aliphatic carbocycles. The molecule has 1 aromatic rings. The van der Waals surface area contributed by atoms with Gasteiger partial charge in [0.1, 0.15) is 0 Å². The second-order valence-corrected chi connectivity index (χ2v) is 5.45. The van der Waals surface area contributed by atoms with E-state index in [0.29, 0.717) is 5.92 Å². The quantitative estimate of drug-likeness (QED) is 0.906. The molecule has 2 rings (SSSR count). The van der Waals surface area contributed by atoms with Gasteiger partial charge in [0.15, 0.2) is 11.5 Å². The molecular formula is C16H25NO2. The van der Waals surface area contributed by atoms with Crippen molar-refractivity contribution in [2.75, 3.05) is 27.3 Å². The van der Waals surface area contributed by atoms with Gasteiger partial charge in [-0.05, 0) is 69.3 Å². The normalized spacial score (nSPS) is 19.3. The maximum atomic E-state index is 5.60. The molecule has 1 aromatic carbocycles. The summed E-state index contributed by atoms with van der Waals surface area (Å²) in [5.74, 6) is 2.47. The molecule has 0 saturated carbocycles. The molecule has 1 aliphatic heterocycles. The molecule has 1 fully saturated rings. The molecule has 3 nitrogen and oxygen atoms in total. The summed E-state index contributed by atoms with van der Waals surface area (Å²) in [6.45, 7) is 6.59. The van der Waals surface area contributed by atoms with Crippen molar-refractivity contribution in [3.63, 3.8) is 0 Å². The maximum Gasteiger partial charge on any atom is 0.164 e. The molecule has 0 aromatic heterocycles. The lowest BCUT2D eigenvalue weighted by Crippen LogP contribution is -2.31. The predicted octanol–water partition coefficient (Wildman–Crippen LogP) is 2.86. The third-order valence-electron chi connectivity index (χ3n) is 4.21. The van der Waals surface area contributed by atoms with Crippen molar-refractivity contribution in [3.05, 3.63) is 22.8 Å². The summed E-state index contributed by atoms with van der Waals surface area (Å²) in [5.41, 5.74) is 3.92. The van der Waals surface area contributed by atoms with E-state index in [2.05, 4.69) is 25.2 Å². The fourth-order valence-electron chi connectivity index (χ4n) is 2.94. The van der Waals surface area contributed by atoms with Crippen molar-refractivity contribution in [1.82, 2.24) is 5.32 Å². The van der Waals surface area contributed by atoms with Crippen molar-refractivity contribution in [2.24, 2.45) is 5.92 Å². The molecule has 3 heteroatoms. The van der Waals surface area contributed by atoms with Crippen LogP contribution in [0.15, 0.2) is 6.07 Å². The molecule has 1 saturated heterocycles. The number of ether oxygens (including phenoxy) is 2. The maximum absolute atomic E-state index is 5.60. The first-order chi connectivity index (χ1) is 9.17. The largest absolute Gasteiger partial charge is 0.493 e. The van der Waals surface area contributed by atoms with Gasteiger partial charge in [-0.3, -0.25) is 0 Å². The number of hydrogen-bond acceptors (Lipinski definition) is 3. The van der Waals surface area contributed by atoms with Crippen LogP contribution in [0.1, 0.15) is 29.5 Å². The zero-order valence-corrected chi connectivity index (χ0v) is 12.5. The number of hydrogen-bond donors (Lipinski definition) is 1. The highest BCUT2D eigenvalue weighted by Gasteiger charge is 2.20. The summed E-state index contributed by atoms with van der Waals surface area (Å²) in [5, 5.41) is 3.48. The topological polar surface area (TPSA) is 30.5 Å². The van der Waals surface area contributed by atoms with E-state index in [-0.39, 0.29) is 0 Å². The molecule has 0 bridgehead atoms. The summed E-state index contributed by atoms with van der Waals surface area (Å²) in [7, 11) is 3.44. The molecular weight excluding hydrogens is 238 g/mol. The molecule has 0 radical (unpaired) electrons. The van der Waals surface area contributed by atoms with Gasteiger partial charge in [0.05, 0.1) is 14.2 Å². The lowest BCUT2D eigenvalue weighted by Gasteiger charge is -2.25. The van der Waals surface area contributed by atoms with Crippen molar-refractivity contribution in [1.29, 1.82) is 0 Å². The van der Waals surface area contributed by atoms with Crippen LogP contribution in [0.25, 0.3) is 0 Å². The van der Waals surface area contributed by atoms with Crippen LogP contribution in [0.3, 0.4) is 0 Å². The highest BCUT2D eigenvalue weighted by atomic mass is 16.5. The first-order valence-electron chi connectivity index (χ1n) is 7.09. The molecule has 1 aliphatic rings. The van der Waals surface area contributed by atoms with Gasteiger partial charge in [-0.25, -0.2) is 0 Å². The second-order valence-electron chi connectivity index (χ2n) is 5.45. The summed E-state index contributed by atoms with van der Waals surface area (Å²) < 4.78 is 11.1. The summed E-state index contributed by atoms with van der Waals surface area (Å²) in [6, 6.07) is 2.07. The van der Waals surface area contributed by atoms with Crippen LogP contribution in [0.2, 0.25) is 0 Å². The number of benzene rings is 1. The van der Waals surface area contributed by atoms with Crippen LogP contribution in [-0.2, 0) is 6.42 Å². The molecule has 0 spiro atoms. The Bertz CT molecular complexity index is 437. The Hall–Kier alpha value is -1.22. The van der Waals surface area contributed by atoms with Gasteiger partial charge in [-0.2, -0.15) is 0 Å². The number of rotatable bonds is 4. The van der Waals surface area contributed by atoms with E-state index >= 15 is 0 Å². The minimum absolute atomic E-state index is 0.702. The Balaban J connectivity index is 2.33. The van der Waals surface area contributed by atoms with E-state index in [1.54, 1.807) is 14.2 Å². The minimum Gasteiger partial charge on any atom is -0.493 e. The van der Waals surface area contributed by atoms with Crippen molar-refractivity contribution in [2.45, 2.75) is 33.1 Å². The third-order valence-corrected chi connectivity index (χ3v) is 4.21. The van der Waals surface area contributed by atoms with Gasteiger partial charge in [0.25, 0.3) is 0 Å². The lowest BCUT2D eigenvalue weighted by atomic mass is 9.88. The number of methoxy groups -OCH3 is 2. The third kappa shape index (κ3) is 3.03. The van der Waals surface area contributed by atoms with Gasteiger partial charge < -0.3 is 14.8 Å². The Kier molecular flexibility index (Phi) is 4.70. The zero-order valence-electron chi connectivity index (χ0n) is 12.5. The fraction of sp³-hybridized carbons (Fsp3) is 0.625. The van der Waals surface area contributed by atoms with Crippen LogP contribution in [0, 0.1) is 19.8 Å². The van der Waals surface area contributed by atoms with Crippen LogP contribution in [-0.4, -0.2) is 27.3 Å². The smallest absolute Gasteiger partial charge is 0.164 e. The summed E-state index contributed by atoms with van der Waals surface area (Å²) in [6.07, 6.45) is 3.64. The number of nitrogens with one attached hydrogen (secondary N) is 1. The number of piperidine rings is 1. The van der Waals surface area contributed by atoms with Crippen molar-refractivity contribution in [3.8, 4) is 11.5 Å². The zero-order chi connectivity index (χ0) is 13.8. The molecule has 19 heavy (non-hydrogen) atoms. The standard InChI is InChI=1S/C16H25NO2/c1-11-8-15(18-3)16(19-4)14(12(11)2)9-13-6-5-7-17-10-13/h8,13,17H,5-7,9-10H2,1-4H3. The average Bonchev–Trinajstić information content (AvgIpc) is 2.44. The lowest BCUT2D eigenvalue weighted by molar-refractivity contribution is 0.339. The van der Waals surface area contributed by atoms with Gasteiger partial charge >= 0.3 is 0 Å². The van der Waals surface area contributed by atoms with E-state index in [9.17, 15) is 0 Å². The fourth-order valence-corrected chi connectivity index (χ4v) is 2.94. The van der Waals surface area contributed by atoms with Crippen LogP contribution >= 0.6 is 0 Å². The van der Waals surface area contributed by atoms with E-state index in [1.165, 1.54) is 29.5 Å². The molecule has 1 heterocycles. The van der Waals surface area contributed by atoms with Gasteiger partial charge in [-0.1, -0.05) is 0 Å². The van der Waals surface area contributed by atoms with E-state index in [4.69, 9.17) is 9.47 Å². The monoisotopic (exact) mass is 263 g/mol. The van der Waals surface area contributed by atoms with Crippen LogP contribution < -0.4 is 14.8 Å². The highest BCUT2D eigenvalue weighted by Crippen LogP contribution is 2.37. The number of aryl methyl sites for hydroxylation is 1. The Morgan fingerprint density at radius 2 is 2.05 bits per heavy atom. The molecule has 1 unspecified atom stereocenters. The van der Waals surface area contributed by atoms with Crippen LogP contribution in [0.4, 0.5) is 0 Å². The SMILES string of the molecule is COc1cc(C)c(C)c(CC2CCCNC2)c1OC. The van der Waals surface area contributed by atoms with Gasteiger partial charge in [-0.15, -0.1) is 0 Å². The molecule has 1 N–H and O–H groups in total. The predicted molar refractivity (Wildman–Crippen MR) is 78.3 cm³/mol. The molecule has 0 amide bonds.